The fraction of sp³-hybridized carbons (Fsp3) is 0.435. The lowest BCUT2D eigenvalue weighted by molar-refractivity contribution is -0.150. The molecule has 0 bridgehead atoms. The van der Waals surface area contributed by atoms with Crippen molar-refractivity contribution >= 4 is 23.9 Å². The van der Waals surface area contributed by atoms with Gasteiger partial charge in [0, 0.05) is 36.4 Å². The molecule has 2 N–H and O–H groups in total. The summed E-state index contributed by atoms with van der Waals surface area (Å²) in [5.74, 6) is -1.54. The van der Waals surface area contributed by atoms with Gasteiger partial charge >= 0.3 is 12.1 Å². The van der Waals surface area contributed by atoms with E-state index < -0.39 is 41.6 Å². The van der Waals surface area contributed by atoms with Crippen molar-refractivity contribution in [3.63, 3.8) is 0 Å². The molecule has 1 saturated heterocycles. The van der Waals surface area contributed by atoms with Crippen LogP contribution in [0, 0.1) is 5.92 Å². The molecule has 2 saturated carbocycles. The van der Waals surface area contributed by atoms with Crippen LogP contribution in [-0.4, -0.2) is 80.6 Å². The number of nitrogens with zero attached hydrogens (tertiary/aromatic N) is 4. The Morgan fingerprint density at radius 2 is 1.45 bits per heavy atom. The topological polar surface area (TPSA) is 145 Å². The number of rotatable bonds is 9. The molecular weight excluding hydrogens is 733 g/mol. The Labute approximate surface area is 339 Å². The van der Waals surface area contributed by atoms with E-state index in [1.165, 1.54) is 0 Å². The summed E-state index contributed by atoms with van der Waals surface area (Å²) in [6.07, 6.45) is 11.7. The second-order valence-electron chi connectivity index (χ2n) is 16.1. The molecule has 302 valence electrons. The van der Waals surface area contributed by atoms with Crippen molar-refractivity contribution in [3.05, 3.63) is 109 Å². The second kappa shape index (κ2) is 17.8. The molecule has 58 heavy (non-hydrogen) atoms. The zero-order chi connectivity index (χ0) is 39.9. The van der Waals surface area contributed by atoms with Crippen LogP contribution in [0.4, 0.5) is 4.79 Å². The lowest BCUT2D eigenvalue weighted by atomic mass is 10.0. The maximum Gasteiger partial charge on any atom is 0.408 e. The summed E-state index contributed by atoms with van der Waals surface area (Å²) in [4.78, 5) is 59.8. The van der Waals surface area contributed by atoms with Gasteiger partial charge in [0.1, 0.15) is 35.1 Å². The van der Waals surface area contributed by atoms with Crippen molar-refractivity contribution in [1.82, 2.24) is 30.5 Å². The summed E-state index contributed by atoms with van der Waals surface area (Å²) in [5, 5.41) is 16.0. The first-order chi connectivity index (χ1) is 28.4. The van der Waals surface area contributed by atoms with E-state index in [9.17, 15) is 19.2 Å². The number of carbonyl (C=O) groups is 4. The predicted molar refractivity (Wildman–Crippen MR) is 218 cm³/mol. The number of benzene rings is 3. The highest BCUT2D eigenvalue weighted by molar-refractivity contribution is 5.96. The van der Waals surface area contributed by atoms with Gasteiger partial charge < -0.3 is 25.0 Å². The van der Waals surface area contributed by atoms with Gasteiger partial charge in [-0.2, -0.15) is 15.0 Å². The summed E-state index contributed by atoms with van der Waals surface area (Å²) in [6, 6.07) is 27.1. The minimum Gasteiger partial charge on any atom is -0.464 e. The van der Waals surface area contributed by atoms with Crippen LogP contribution in [0.15, 0.2) is 103 Å². The van der Waals surface area contributed by atoms with Crippen LogP contribution >= 0.6 is 0 Å². The van der Waals surface area contributed by atoms with Crippen molar-refractivity contribution in [1.29, 1.82) is 0 Å². The summed E-state index contributed by atoms with van der Waals surface area (Å²) >= 11 is 0. The Kier molecular flexibility index (Phi) is 12.0. The quantitative estimate of drug-likeness (QED) is 0.137. The van der Waals surface area contributed by atoms with E-state index in [0.717, 1.165) is 61.6 Å². The number of alkyl carbamates (subject to hydrolysis) is 1. The lowest BCUT2D eigenvalue weighted by Crippen LogP contribution is -2.56. The summed E-state index contributed by atoms with van der Waals surface area (Å²) in [5.41, 5.74) is 2.95. The van der Waals surface area contributed by atoms with Gasteiger partial charge in [0.25, 0.3) is 0 Å². The van der Waals surface area contributed by atoms with Gasteiger partial charge in [-0.05, 0) is 56.9 Å². The van der Waals surface area contributed by atoms with E-state index in [1.807, 2.05) is 97.1 Å². The molecule has 1 unspecified atom stereocenters. The Bertz CT molecular complexity index is 2030. The normalized spacial score (nSPS) is 25.7. The lowest BCUT2D eigenvalue weighted by Gasteiger charge is -2.30. The molecule has 3 aromatic carbocycles. The molecule has 1 aromatic heterocycles. The molecule has 8 rings (SSSR count). The van der Waals surface area contributed by atoms with Gasteiger partial charge in [-0.25, -0.2) is 9.59 Å². The van der Waals surface area contributed by atoms with Gasteiger partial charge in [-0.1, -0.05) is 116 Å². The Balaban J connectivity index is 1.10. The van der Waals surface area contributed by atoms with Gasteiger partial charge in [0.2, 0.25) is 11.8 Å². The van der Waals surface area contributed by atoms with E-state index in [2.05, 4.69) is 16.7 Å². The third kappa shape index (κ3) is 8.85. The molecule has 0 radical (unpaired) electrons. The highest BCUT2D eigenvalue weighted by Gasteiger charge is 2.62. The minimum absolute atomic E-state index is 0.127. The SMILES string of the molecule is O=C(N[C@H]1CCCCC/C=C\C2C[C@@]2(C(=O)OCCc2ccccc2)NC(=O)[C@@H]2C[C@@H](n3nc(-c4ccccc4)c(-c4ccccc4)n3)CN2C1=O)OC1CCCC1. The summed E-state index contributed by atoms with van der Waals surface area (Å²) in [7, 11) is 0. The van der Waals surface area contributed by atoms with E-state index in [0.29, 0.717) is 37.1 Å². The second-order valence-corrected chi connectivity index (χ2v) is 16.1. The monoisotopic (exact) mass is 784 g/mol. The smallest absolute Gasteiger partial charge is 0.408 e. The molecule has 3 heterocycles. The number of aromatic nitrogens is 3. The standard InChI is InChI=1S/C46H52N6O6/c53-42-39-29-36(52-49-40(33-19-9-5-10-20-33)41(50-52)34-21-11-6-12-22-34)31-51(39)43(54)38(47-45(56)58-37-24-15-16-25-37)26-14-3-1-2-13-23-35-30-46(35,48-42)44(55)57-28-27-32-17-7-4-8-18-32/h4-13,17-23,35-39H,1-3,14-16,24-31H2,(H,47,56)(H,48,53)/b23-13-/t35?,36-,38+,39+,46-/m1/s1. The number of hydrogen-bond acceptors (Lipinski definition) is 8. The predicted octanol–water partition coefficient (Wildman–Crippen LogP) is 6.97. The van der Waals surface area contributed by atoms with Crippen molar-refractivity contribution in [2.24, 2.45) is 5.92 Å². The first-order valence-corrected chi connectivity index (χ1v) is 20.9. The fourth-order valence-corrected chi connectivity index (χ4v) is 8.67. The van der Waals surface area contributed by atoms with E-state index in [1.54, 1.807) is 9.70 Å². The molecule has 3 fully saturated rings. The average Bonchev–Trinajstić information content (AvgIpc) is 3.69. The van der Waals surface area contributed by atoms with Crippen LogP contribution in [0.2, 0.25) is 0 Å². The van der Waals surface area contributed by atoms with E-state index in [-0.39, 0.29) is 37.5 Å². The van der Waals surface area contributed by atoms with E-state index >= 15 is 0 Å². The molecule has 12 heteroatoms. The van der Waals surface area contributed by atoms with Crippen molar-refractivity contribution in [2.75, 3.05) is 13.2 Å². The number of fused-ring (bicyclic) bond motifs is 2. The molecular formula is C46H52N6O6. The zero-order valence-electron chi connectivity index (χ0n) is 32.8. The third-order valence-electron chi connectivity index (χ3n) is 12.0. The number of nitrogens with one attached hydrogen (secondary N) is 2. The fourth-order valence-electron chi connectivity index (χ4n) is 8.67. The van der Waals surface area contributed by atoms with Crippen molar-refractivity contribution in [3.8, 4) is 22.5 Å². The van der Waals surface area contributed by atoms with Gasteiger partial charge in [-0.15, -0.1) is 0 Å². The van der Waals surface area contributed by atoms with Crippen LogP contribution < -0.4 is 10.6 Å². The maximum absolute atomic E-state index is 14.8. The Hall–Kier alpha value is -5.78. The number of hydrogen-bond donors (Lipinski definition) is 2. The van der Waals surface area contributed by atoms with Gasteiger partial charge in [0.15, 0.2) is 0 Å². The molecule has 5 atom stereocenters. The molecule has 0 spiro atoms. The Morgan fingerprint density at radius 1 is 0.810 bits per heavy atom. The van der Waals surface area contributed by atoms with Crippen LogP contribution in [0.1, 0.15) is 82.2 Å². The average molecular weight is 785 g/mol. The zero-order valence-corrected chi connectivity index (χ0v) is 32.8. The first-order valence-electron chi connectivity index (χ1n) is 20.9. The van der Waals surface area contributed by atoms with Gasteiger partial charge in [0.05, 0.1) is 12.6 Å². The van der Waals surface area contributed by atoms with Crippen LogP contribution in [0.3, 0.4) is 0 Å². The number of amides is 3. The number of ether oxygens (including phenoxy) is 2. The molecule has 2 aliphatic heterocycles. The van der Waals surface area contributed by atoms with E-state index in [4.69, 9.17) is 19.7 Å². The number of allylic oxidation sites excluding steroid dienone is 1. The van der Waals surface area contributed by atoms with Crippen LogP contribution in [0.5, 0.6) is 0 Å². The highest BCUT2D eigenvalue weighted by atomic mass is 16.6. The highest BCUT2D eigenvalue weighted by Crippen LogP contribution is 2.46. The molecule has 12 nitrogen and oxygen atoms in total. The Morgan fingerprint density at radius 3 is 2.12 bits per heavy atom. The maximum atomic E-state index is 14.8. The number of carbonyl (C=O) groups excluding carboxylic acids is 4. The van der Waals surface area contributed by atoms with Crippen molar-refractivity contribution < 1.29 is 28.7 Å². The number of esters is 1. The van der Waals surface area contributed by atoms with Gasteiger partial charge in [-0.3, -0.25) is 9.59 Å². The van der Waals surface area contributed by atoms with Crippen LogP contribution in [0.25, 0.3) is 22.5 Å². The van der Waals surface area contributed by atoms with Crippen LogP contribution in [-0.2, 0) is 30.3 Å². The summed E-state index contributed by atoms with van der Waals surface area (Å²) in [6.45, 7) is 0.303. The van der Waals surface area contributed by atoms with Crippen molar-refractivity contribution in [2.45, 2.75) is 107 Å². The largest absolute Gasteiger partial charge is 0.464 e. The molecule has 4 aliphatic rings. The summed E-state index contributed by atoms with van der Waals surface area (Å²) < 4.78 is 11.6. The minimum atomic E-state index is -1.25. The third-order valence-corrected chi connectivity index (χ3v) is 12.0. The molecule has 4 aromatic rings. The first kappa shape index (κ1) is 39.1. The molecule has 3 amide bonds. The molecule has 2 aliphatic carbocycles.